The van der Waals surface area contributed by atoms with Gasteiger partial charge >= 0.3 is 0 Å². The molecule has 1 unspecified atom stereocenters. The van der Waals surface area contributed by atoms with Gasteiger partial charge in [0, 0.05) is 0 Å². The van der Waals surface area contributed by atoms with Gasteiger partial charge in [0.25, 0.3) is 10.1 Å². The Morgan fingerprint density at radius 1 is 1.50 bits per heavy atom. The van der Waals surface area contributed by atoms with Crippen LogP contribution in [0.4, 0.5) is 0 Å². The van der Waals surface area contributed by atoms with E-state index in [1.807, 2.05) is 0 Å². The lowest BCUT2D eigenvalue weighted by Crippen LogP contribution is -2.07. The molecule has 4 nitrogen and oxygen atoms in total. The van der Waals surface area contributed by atoms with Gasteiger partial charge in [-0.3, -0.25) is 4.55 Å². The molecule has 0 saturated carbocycles. The molecule has 10 heavy (non-hydrogen) atoms. The van der Waals surface area contributed by atoms with Crippen molar-refractivity contribution in [2.24, 2.45) is 0 Å². The molecule has 0 aromatic heterocycles. The normalized spacial score (nSPS) is 15.1. The van der Waals surface area contributed by atoms with Gasteiger partial charge in [-0.15, -0.1) is 0 Å². The van der Waals surface area contributed by atoms with Gasteiger partial charge < -0.3 is 5.11 Å². The van der Waals surface area contributed by atoms with Crippen LogP contribution in [0.3, 0.4) is 0 Å². The first-order chi connectivity index (χ1) is 4.42. The van der Waals surface area contributed by atoms with Crippen molar-refractivity contribution in [1.29, 1.82) is 0 Å². The zero-order chi connectivity index (χ0) is 8.20. The first-order valence-electron chi connectivity index (χ1n) is 2.88. The maximum absolute atomic E-state index is 10.1. The predicted octanol–water partition coefficient (Wildman–Crippen LogP) is -0.151. The maximum Gasteiger partial charge on any atom is 0.264 e. The first kappa shape index (κ1) is 9.87. The second kappa shape index (κ2) is 3.90. The van der Waals surface area contributed by atoms with Crippen LogP contribution in [0.25, 0.3) is 0 Å². The van der Waals surface area contributed by atoms with Gasteiger partial charge in [-0.05, 0) is 19.8 Å². The van der Waals surface area contributed by atoms with Crippen molar-refractivity contribution in [3.05, 3.63) is 6.92 Å². The summed E-state index contributed by atoms with van der Waals surface area (Å²) in [7, 11) is -3.86. The number of hydrogen-bond acceptors (Lipinski definition) is 3. The van der Waals surface area contributed by atoms with E-state index in [2.05, 4.69) is 6.92 Å². The summed E-state index contributed by atoms with van der Waals surface area (Å²) in [4.78, 5) is 0. The minimum atomic E-state index is -3.86. The maximum atomic E-state index is 10.1. The lowest BCUT2D eigenvalue weighted by Gasteiger charge is -2.00. The van der Waals surface area contributed by atoms with Gasteiger partial charge in [-0.25, -0.2) is 0 Å². The summed E-state index contributed by atoms with van der Waals surface area (Å²) in [6.45, 7) is 3.24. The summed E-state index contributed by atoms with van der Waals surface area (Å²) >= 11 is 0. The third kappa shape index (κ3) is 7.87. The number of aliphatic hydroxyl groups is 1. The topological polar surface area (TPSA) is 74.6 Å². The number of rotatable bonds is 4. The molecule has 1 radical (unpaired) electrons. The summed E-state index contributed by atoms with van der Waals surface area (Å²) in [5.74, 6) is -0.306. The average molecular weight is 167 g/mol. The molecular formula is C5H11O4S. The van der Waals surface area contributed by atoms with Crippen LogP contribution in [-0.4, -0.2) is 29.9 Å². The van der Waals surface area contributed by atoms with Crippen molar-refractivity contribution in [2.75, 3.05) is 5.75 Å². The molecule has 5 heteroatoms. The van der Waals surface area contributed by atoms with Gasteiger partial charge in [0.1, 0.15) is 0 Å². The van der Waals surface area contributed by atoms with Gasteiger partial charge in [0.05, 0.1) is 11.9 Å². The molecule has 0 heterocycles. The molecule has 0 aromatic rings. The largest absolute Gasteiger partial charge is 0.393 e. The second-order valence-electron chi connectivity index (χ2n) is 2.08. The molecule has 0 rings (SSSR count). The third-order valence-electron chi connectivity index (χ3n) is 0.940. The Bertz CT molecular complexity index is 170. The van der Waals surface area contributed by atoms with Gasteiger partial charge in [0.15, 0.2) is 0 Å². The molecule has 0 spiro atoms. The molecule has 0 saturated heterocycles. The van der Waals surface area contributed by atoms with Crippen LogP contribution in [0.1, 0.15) is 12.8 Å². The summed E-state index contributed by atoms with van der Waals surface area (Å²) in [5.41, 5.74) is 0. The summed E-state index contributed by atoms with van der Waals surface area (Å²) in [6.07, 6.45) is -0.217. The van der Waals surface area contributed by atoms with E-state index in [1.54, 1.807) is 0 Å². The van der Waals surface area contributed by atoms with E-state index in [1.165, 1.54) is 0 Å². The van der Waals surface area contributed by atoms with Gasteiger partial charge in [-0.1, -0.05) is 0 Å². The Hall–Kier alpha value is -0.130. The lowest BCUT2D eigenvalue weighted by atomic mass is 10.2. The molecule has 1 atom stereocenters. The molecular weight excluding hydrogens is 156 g/mol. The third-order valence-corrected chi connectivity index (χ3v) is 1.74. The Labute approximate surface area is 60.6 Å². The van der Waals surface area contributed by atoms with Crippen LogP contribution >= 0.6 is 0 Å². The van der Waals surface area contributed by atoms with E-state index in [-0.39, 0.29) is 12.2 Å². The van der Waals surface area contributed by atoms with E-state index in [0.29, 0.717) is 6.42 Å². The number of aliphatic hydroxyl groups excluding tert-OH is 1. The van der Waals surface area contributed by atoms with Crippen LogP contribution in [-0.2, 0) is 10.1 Å². The van der Waals surface area contributed by atoms with Crippen molar-refractivity contribution in [3.8, 4) is 0 Å². The molecule has 0 aliphatic rings. The van der Waals surface area contributed by atoms with Crippen LogP contribution < -0.4 is 0 Å². The Morgan fingerprint density at radius 3 is 2.30 bits per heavy atom. The Kier molecular flexibility index (Phi) is 3.85. The predicted molar refractivity (Wildman–Crippen MR) is 37.0 cm³/mol. The fourth-order valence-corrected chi connectivity index (χ4v) is 1.03. The SMILES string of the molecule is [CH2]C(O)CCCS(=O)(=O)O. The summed E-state index contributed by atoms with van der Waals surface area (Å²) < 4.78 is 28.3. The minimum absolute atomic E-state index is 0.240. The minimum Gasteiger partial charge on any atom is -0.393 e. The zero-order valence-corrected chi connectivity index (χ0v) is 6.34. The van der Waals surface area contributed by atoms with E-state index >= 15 is 0 Å². The highest BCUT2D eigenvalue weighted by molar-refractivity contribution is 7.85. The molecule has 2 N–H and O–H groups in total. The Balaban J connectivity index is 3.39. The van der Waals surface area contributed by atoms with Crippen LogP contribution in [0.15, 0.2) is 0 Å². The quantitative estimate of drug-likeness (QED) is 0.571. The van der Waals surface area contributed by atoms with Crippen molar-refractivity contribution in [2.45, 2.75) is 18.9 Å². The summed E-state index contributed by atoms with van der Waals surface area (Å²) in [6, 6.07) is 0. The fraction of sp³-hybridized carbons (Fsp3) is 0.800. The van der Waals surface area contributed by atoms with E-state index in [0.717, 1.165) is 0 Å². The van der Waals surface area contributed by atoms with E-state index in [4.69, 9.17) is 9.66 Å². The molecule has 0 aliphatic carbocycles. The van der Waals surface area contributed by atoms with Crippen molar-refractivity contribution >= 4 is 10.1 Å². The zero-order valence-electron chi connectivity index (χ0n) is 5.52. The van der Waals surface area contributed by atoms with Crippen LogP contribution in [0.5, 0.6) is 0 Å². The van der Waals surface area contributed by atoms with Crippen LogP contribution in [0, 0.1) is 6.92 Å². The highest BCUT2D eigenvalue weighted by Gasteiger charge is 2.04. The molecule has 0 bridgehead atoms. The van der Waals surface area contributed by atoms with Crippen molar-refractivity contribution < 1.29 is 18.1 Å². The summed E-state index contributed by atoms with van der Waals surface area (Å²) in [5, 5.41) is 8.56. The molecule has 0 fully saturated rings. The first-order valence-corrected chi connectivity index (χ1v) is 4.49. The lowest BCUT2D eigenvalue weighted by molar-refractivity contribution is 0.209. The van der Waals surface area contributed by atoms with Crippen molar-refractivity contribution in [1.82, 2.24) is 0 Å². The second-order valence-corrected chi connectivity index (χ2v) is 3.65. The van der Waals surface area contributed by atoms with E-state index in [9.17, 15) is 8.42 Å². The smallest absolute Gasteiger partial charge is 0.264 e. The fourth-order valence-electron chi connectivity index (χ4n) is 0.501. The molecule has 0 aliphatic heterocycles. The molecule has 0 aromatic carbocycles. The van der Waals surface area contributed by atoms with Crippen molar-refractivity contribution in [3.63, 3.8) is 0 Å². The molecule has 0 amide bonds. The highest BCUT2D eigenvalue weighted by Crippen LogP contribution is 1.97. The average Bonchev–Trinajstić information content (AvgIpc) is 1.59. The monoisotopic (exact) mass is 167 g/mol. The van der Waals surface area contributed by atoms with Gasteiger partial charge in [0.2, 0.25) is 0 Å². The van der Waals surface area contributed by atoms with Crippen LogP contribution in [0.2, 0.25) is 0 Å². The number of hydrogen-bond donors (Lipinski definition) is 2. The standard InChI is InChI=1S/C5H11O4S/c1-5(6)3-2-4-10(7,8)9/h5-6H,1-4H2,(H,7,8,9). The van der Waals surface area contributed by atoms with E-state index < -0.39 is 16.2 Å². The molecule has 61 valence electrons. The highest BCUT2D eigenvalue weighted by atomic mass is 32.2. The Morgan fingerprint density at radius 2 is 2.00 bits per heavy atom. The van der Waals surface area contributed by atoms with Gasteiger partial charge in [-0.2, -0.15) is 8.42 Å².